The van der Waals surface area contributed by atoms with Crippen molar-refractivity contribution < 1.29 is 13.5 Å². The molecule has 0 aromatic heterocycles. The van der Waals surface area contributed by atoms with Crippen LogP contribution in [0.25, 0.3) is 0 Å². The van der Waals surface area contributed by atoms with Gasteiger partial charge in [-0.25, -0.2) is 0 Å². The highest BCUT2D eigenvalue weighted by molar-refractivity contribution is 7.87. The zero-order chi connectivity index (χ0) is 14.0. The molecule has 2 atom stereocenters. The molecule has 0 radical (unpaired) electrons. The van der Waals surface area contributed by atoms with Crippen LogP contribution in [0.2, 0.25) is 0 Å². The van der Waals surface area contributed by atoms with E-state index in [-0.39, 0.29) is 0 Å². The van der Waals surface area contributed by atoms with Gasteiger partial charge in [0, 0.05) is 20.0 Å². The maximum Gasteiger partial charge on any atom is 0.279 e. The Morgan fingerprint density at radius 1 is 1.42 bits per heavy atom. The second-order valence-corrected chi connectivity index (χ2v) is 6.70. The molecule has 19 heavy (non-hydrogen) atoms. The summed E-state index contributed by atoms with van der Waals surface area (Å²) in [4.78, 5) is 0. The first-order valence-electron chi connectivity index (χ1n) is 6.45. The van der Waals surface area contributed by atoms with E-state index in [4.69, 9.17) is 0 Å². The lowest BCUT2D eigenvalue weighted by molar-refractivity contribution is 0.150. The van der Waals surface area contributed by atoms with Gasteiger partial charge in [0.2, 0.25) is 0 Å². The molecule has 6 heteroatoms. The van der Waals surface area contributed by atoms with E-state index in [0.717, 1.165) is 17.5 Å². The van der Waals surface area contributed by atoms with E-state index in [1.54, 1.807) is 7.05 Å². The summed E-state index contributed by atoms with van der Waals surface area (Å²) in [5.74, 6) is 0. The average Bonchev–Trinajstić information content (AvgIpc) is 2.66. The number of nitrogens with zero attached hydrogens (tertiary/aromatic N) is 1. The molecule has 0 unspecified atom stereocenters. The average molecular weight is 284 g/mol. The first-order chi connectivity index (χ1) is 8.95. The second kappa shape index (κ2) is 5.58. The fraction of sp³-hybridized carbons (Fsp3) is 0.538. The lowest BCUT2D eigenvalue weighted by Gasteiger charge is -2.22. The van der Waals surface area contributed by atoms with Crippen LogP contribution in [0, 0.1) is 0 Å². The van der Waals surface area contributed by atoms with E-state index in [0.29, 0.717) is 13.0 Å². The predicted molar refractivity (Wildman–Crippen MR) is 73.9 cm³/mol. The molecule has 0 spiro atoms. The molecule has 0 heterocycles. The van der Waals surface area contributed by atoms with Crippen molar-refractivity contribution in [3.05, 3.63) is 35.4 Å². The summed E-state index contributed by atoms with van der Waals surface area (Å²) in [6.07, 6.45) is 0.532. The number of nitrogens with one attached hydrogen (secondary N) is 1. The standard InChI is InChI=1S/C13H20N2O3S/c1-3-8-15(2)19(17,18)14-13-11-7-5-4-6-10(11)9-12(13)16/h4-7,12-14,16H,3,8-9H2,1-2H3/t12-,13+/m1/s1. The third-order valence-corrected chi connectivity index (χ3v) is 4.98. The van der Waals surface area contributed by atoms with Gasteiger partial charge in [0.25, 0.3) is 10.2 Å². The van der Waals surface area contributed by atoms with E-state index in [9.17, 15) is 13.5 Å². The van der Waals surface area contributed by atoms with Crippen LogP contribution in [0.3, 0.4) is 0 Å². The number of hydrogen-bond donors (Lipinski definition) is 2. The maximum atomic E-state index is 12.1. The smallest absolute Gasteiger partial charge is 0.279 e. The molecule has 1 aliphatic rings. The third-order valence-electron chi connectivity index (χ3n) is 3.43. The monoisotopic (exact) mass is 284 g/mol. The number of rotatable bonds is 5. The van der Waals surface area contributed by atoms with Gasteiger partial charge in [-0.3, -0.25) is 0 Å². The van der Waals surface area contributed by atoms with Crippen LogP contribution < -0.4 is 4.72 Å². The highest BCUT2D eigenvalue weighted by atomic mass is 32.2. The highest BCUT2D eigenvalue weighted by Crippen LogP contribution is 2.31. The molecule has 0 fully saturated rings. The van der Waals surface area contributed by atoms with Crippen molar-refractivity contribution in [2.24, 2.45) is 0 Å². The highest BCUT2D eigenvalue weighted by Gasteiger charge is 2.34. The van der Waals surface area contributed by atoms with Crippen molar-refractivity contribution in [3.63, 3.8) is 0 Å². The Bertz CT molecular complexity index is 545. The maximum absolute atomic E-state index is 12.1. The summed E-state index contributed by atoms with van der Waals surface area (Å²) in [6.45, 7) is 2.38. The van der Waals surface area contributed by atoms with Gasteiger partial charge in [0.05, 0.1) is 12.1 Å². The van der Waals surface area contributed by atoms with Gasteiger partial charge in [0.15, 0.2) is 0 Å². The Morgan fingerprint density at radius 2 is 2.11 bits per heavy atom. The number of fused-ring (bicyclic) bond motifs is 1. The van der Waals surface area contributed by atoms with Crippen molar-refractivity contribution in [3.8, 4) is 0 Å². The molecule has 2 N–H and O–H groups in total. The minimum atomic E-state index is -3.56. The number of hydrogen-bond acceptors (Lipinski definition) is 3. The summed E-state index contributed by atoms with van der Waals surface area (Å²) in [7, 11) is -2.02. The SMILES string of the molecule is CCCN(C)S(=O)(=O)N[C@H]1c2ccccc2C[C@H]1O. The van der Waals surface area contributed by atoms with E-state index in [1.807, 2.05) is 31.2 Å². The number of aliphatic hydroxyl groups excluding tert-OH is 1. The molecule has 106 valence electrons. The Balaban J connectivity index is 2.20. The zero-order valence-corrected chi connectivity index (χ0v) is 12.0. The normalized spacial score (nSPS) is 22.7. The Kier molecular flexibility index (Phi) is 4.25. The van der Waals surface area contributed by atoms with Crippen molar-refractivity contribution in [1.29, 1.82) is 0 Å². The van der Waals surface area contributed by atoms with Crippen LogP contribution in [-0.2, 0) is 16.6 Å². The Labute approximate surface area is 114 Å². The molecule has 5 nitrogen and oxygen atoms in total. The fourth-order valence-electron chi connectivity index (χ4n) is 2.40. The van der Waals surface area contributed by atoms with Gasteiger partial charge in [0.1, 0.15) is 0 Å². The third kappa shape index (κ3) is 2.97. The molecule has 1 aromatic rings. The molecular formula is C13H20N2O3S. The van der Waals surface area contributed by atoms with Gasteiger partial charge in [-0.05, 0) is 17.5 Å². The van der Waals surface area contributed by atoms with Gasteiger partial charge in [-0.1, -0.05) is 31.2 Å². The number of aliphatic hydroxyl groups is 1. The van der Waals surface area contributed by atoms with Crippen molar-refractivity contribution in [2.75, 3.05) is 13.6 Å². The van der Waals surface area contributed by atoms with Crippen LogP contribution in [0.4, 0.5) is 0 Å². The molecule has 1 aliphatic carbocycles. The van der Waals surface area contributed by atoms with E-state index in [2.05, 4.69) is 4.72 Å². The molecular weight excluding hydrogens is 264 g/mol. The van der Waals surface area contributed by atoms with Crippen molar-refractivity contribution in [2.45, 2.75) is 31.9 Å². The van der Waals surface area contributed by atoms with Crippen LogP contribution in [-0.4, -0.2) is 37.5 Å². The quantitative estimate of drug-likeness (QED) is 0.841. The van der Waals surface area contributed by atoms with Crippen molar-refractivity contribution in [1.82, 2.24) is 9.03 Å². The second-order valence-electron chi connectivity index (χ2n) is 4.89. The Hall–Kier alpha value is -0.950. The van der Waals surface area contributed by atoms with Gasteiger partial charge < -0.3 is 5.11 Å². The first kappa shape index (κ1) is 14.5. The van der Waals surface area contributed by atoms with Crippen LogP contribution >= 0.6 is 0 Å². The molecule has 1 aromatic carbocycles. The Morgan fingerprint density at radius 3 is 2.79 bits per heavy atom. The lowest BCUT2D eigenvalue weighted by Crippen LogP contribution is -2.42. The zero-order valence-electron chi connectivity index (χ0n) is 11.2. The molecule has 0 bridgehead atoms. The minimum absolute atomic E-state index is 0.458. The molecule has 0 saturated carbocycles. The van der Waals surface area contributed by atoms with Gasteiger partial charge in [-0.2, -0.15) is 17.4 Å². The summed E-state index contributed by atoms with van der Waals surface area (Å²) in [6, 6.07) is 6.97. The van der Waals surface area contributed by atoms with Gasteiger partial charge in [-0.15, -0.1) is 0 Å². The lowest BCUT2D eigenvalue weighted by atomic mass is 10.1. The molecule has 0 amide bonds. The van der Waals surface area contributed by atoms with Crippen molar-refractivity contribution >= 4 is 10.2 Å². The largest absolute Gasteiger partial charge is 0.391 e. The van der Waals surface area contributed by atoms with E-state index >= 15 is 0 Å². The van der Waals surface area contributed by atoms with Crippen LogP contribution in [0.5, 0.6) is 0 Å². The molecule has 0 saturated heterocycles. The summed E-state index contributed by atoms with van der Waals surface area (Å²) in [5, 5.41) is 10.0. The van der Waals surface area contributed by atoms with E-state index < -0.39 is 22.4 Å². The van der Waals surface area contributed by atoms with Gasteiger partial charge >= 0.3 is 0 Å². The summed E-state index contributed by atoms with van der Waals surface area (Å²) in [5.41, 5.74) is 1.87. The predicted octanol–water partition coefficient (Wildman–Crippen LogP) is 0.821. The first-order valence-corrected chi connectivity index (χ1v) is 7.89. The minimum Gasteiger partial charge on any atom is -0.391 e. The molecule has 0 aliphatic heterocycles. The topological polar surface area (TPSA) is 69.6 Å². The van der Waals surface area contributed by atoms with E-state index in [1.165, 1.54) is 4.31 Å². The van der Waals surface area contributed by atoms with Crippen LogP contribution in [0.1, 0.15) is 30.5 Å². The summed E-state index contributed by atoms with van der Waals surface area (Å²) < 4.78 is 28.1. The number of benzene rings is 1. The van der Waals surface area contributed by atoms with Crippen LogP contribution in [0.15, 0.2) is 24.3 Å². The molecule has 2 rings (SSSR count). The summed E-state index contributed by atoms with van der Waals surface area (Å²) >= 11 is 0. The fourth-order valence-corrected chi connectivity index (χ4v) is 3.61.